The maximum absolute atomic E-state index is 11.3. The number of rotatable bonds is 7. The van der Waals surface area contributed by atoms with Crippen molar-refractivity contribution in [1.82, 2.24) is 0 Å². The summed E-state index contributed by atoms with van der Waals surface area (Å²) in [5.41, 5.74) is 1.10. The Bertz CT molecular complexity index is 547. The quantitative estimate of drug-likeness (QED) is 0.841. The molecule has 0 fully saturated rings. The fourth-order valence-corrected chi connectivity index (χ4v) is 3.29. The molecule has 0 amide bonds. The van der Waals surface area contributed by atoms with Gasteiger partial charge < -0.3 is 4.74 Å². The summed E-state index contributed by atoms with van der Waals surface area (Å²) in [4.78, 5) is 0. The van der Waals surface area contributed by atoms with Crippen molar-refractivity contribution in [3.05, 3.63) is 29.8 Å². The van der Waals surface area contributed by atoms with Crippen LogP contribution < -0.4 is 9.88 Å². The van der Waals surface area contributed by atoms with Gasteiger partial charge in [0, 0.05) is 5.92 Å². The van der Waals surface area contributed by atoms with Gasteiger partial charge in [-0.15, -0.1) is 0 Å². The van der Waals surface area contributed by atoms with Crippen molar-refractivity contribution in [3.8, 4) is 5.75 Å². The molecule has 120 valence electrons. The number of benzene rings is 1. The van der Waals surface area contributed by atoms with Crippen LogP contribution in [0.5, 0.6) is 5.75 Å². The van der Waals surface area contributed by atoms with Crippen molar-refractivity contribution in [2.24, 2.45) is 11.1 Å². The first-order valence-electron chi connectivity index (χ1n) is 7.36. The van der Waals surface area contributed by atoms with E-state index in [0.717, 1.165) is 24.2 Å². The highest BCUT2D eigenvalue weighted by atomic mass is 32.2. The molecule has 0 heterocycles. The Morgan fingerprint density at radius 3 is 2.38 bits per heavy atom. The molecule has 0 aromatic heterocycles. The number of hydrogen-bond acceptors (Lipinski definition) is 3. The van der Waals surface area contributed by atoms with Crippen LogP contribution in [0.15, 0.2) is 24.3 Å². The molecule has 0 spiro atoms. The molecule has 0 aliphatic heterocycles. The van der Waals surface area contributed by atoms with Gasteiger partial charge in [-0.3, -0.25) is 0 Å². The number of hydrogen-bond donors (Lipinski definition) is 1. The first kappa shape index (κ1) is 18.0. The zero-order valence-corrected chi connectivity index (χ0v) is 14.2. The molecule has 5 heteroatoms. The van der Waals surface area contributed by atoms with Crippen molar-refractivity contribution in [2.75, 3.05) is 12.4 Å². The van der Waals surface area contributed by atoms with Gasteiger partial charge >= 0.3 is 0 Å². The van der Waals surface area contributed by atoms with E-state index in [-0.39, 0.29) is 17.1 Å². The predicted molar refractivity (Wildman–Crippen MR) is 87.0 cm³/mol. The van der Waals surface area contributed by atoms with E-state index in [1.807, 2.05) is 31.2 Å². The largest absolute Gasteiger partial charge is 0.493 e. The van der Waals surface area contributed by atoms with Gasteiger partial charge in [0.1, 0.15) is 5.75 Å². The molecule has 4 nitrogen and oxygen atoms in total. The van der Waals surface area contributed by atoms with Crippen LogP contribution in [0.4, 0.5) is 0 Å². The van der Waals surface area contributed by atoms with E-state index < -0.39 is 10.0 Å². The molecule has 0 saturated heterocycles. The summed E-state index contributed by atoms with van der Waals surface area (Å²) in [5, 5.41) is 5.15. The summed E-state index contributed by atoms with van der Waals surface area (Å²) < 4.78 is 28.5. The standard InChI is InChI=1S/C16H27NO3S/c1-5-8-13(12-21(17,18)19)11-20-15-10-7-6-9-14(15)16(2,3)4/h6-7,9-10,13H,5,8,11-12H2,1-4H3,(H2,17,18,19). The van der Waals surface area contributed by atoms with Crippen molar-refractivity contribution in [2.45, 2.75) is 46.0 Å². The SMILES string of the molecule is CCCC(COc1ccccc1C(C)(C)C)CS(N)(=O)=O. The normalized spacial score (nSPS) is 14.0. The van der Waals surface area contributed by atoms with Crippen LogP contribution in [0.1, 0.15) is 46.1 Å². The highest BCUT2D eigenvalue weighted by Crippen LogP contribution is 2.31. The lowest BCUT2D eigenvalue weighted by atomic mass is 9.86. The van der Waals surface area contributed by atoms with Gasteiger partial charge in [0.2, 0.25) is 10.0 Å². The Morgan fingerprint density at radius 1 is 1.24 bits per heavy atom. The van der Waals surface area contributed by atoms with E-state index in [4.69, 9.17) is 9.88 Å². The van der Waals surface area contributed by atoms with E-state index in [0.29, 0.717) is 6.61 Å². The van der Waals surface area contributed by atoms with Crippen LogP contribution >= 0.6 is 0 Å². The van der Waals surface area contributed by atoms with Gasteiger partial charge in [0.15, 0.2) is 0 Å². The van der Waals surface area contributed by atoms with Crippen LogP contribution in [-0.2, 0) is 15.4 Å². The van der Waals surface area contributed by atoms with Crippen molar-refractivity contribution in [1.29, 1.82) is 0 Å². The minimum Gasteiger partial charge on any atom is -0.493 e. The molecule has 0 saturated carbocycles. The Morgan fingerprint density at radius 2 is 1.86 bits per heavy atom. The number of para-hydroxylation sites is 1. The van der Waals surface area contributed by atoms with Gasteiger partial charge in [-0.2, -0.15) is 0 Å². The van der Waals surface area contributed by atoms with E-state index in [1.165, 1.54) is 0 Å². The first-order chi connectivity index (χ1) is 9.63. The lowest BCUT2D eigenvalue weighted by Gasteiger charge is -2.24. The third kappa shape index (κ3) is 6.48. The number of ether oxygens (including phenoxy) is 1. The zero-order chi connectivity index (χ0) is 16.1. The van der Waals surface area contributed by atoms with E-state index in [9.17, 15) is 8.42 Å². The molecule has 1 aromatic rings. The smallest absolute Gasteiger partial charge is 0.209 e. The van der Waals surface area contributed by atoms with Crippen LogP contribution in [0.2, 0.25) is 0 Å². The van der Waals surface area contributed by atoms with Crippen molar-refractivity contribution >= 4 is 10.0 Å². The third-order valence-corrected chi connectivity index (χ3v) is 4.27. The van der Waals surface area contributed by atoms with Crippen LogP contribution in [0.3, 0.4) is 0 Å². The van der Waals surface area contributed by atoms with E-state index >= 15 is 0 Å². The van der Waals surface area contributed by atoms with Crippen LogP contribution in [0, 0.1) is 5.92 Å². The second-order valence-corrected chi connectivity index (χ2v) is 8.20. The second-order valence-electron chi connectivity index (χ2n) is 6.54. The number of nitrogens with two attached hydrogens (primary N) is 1. The maximum atomic E-state index is 11.3. The summed E-state index contributed by atoms with van der Waals surface area (Å²) >= 11 is 0. The Kier molecular flexibility index (Phi) is 6.23. The molecule has 1 rings (SSSR count). The number of primary sulfonamides is 1. The van der Waals surface area contributed by atoms with Gasteiger partial charge in [-0.1, -0.05) is 52.3 Å². The van der Waals surface area contributed by atoms with Crippen molar-refractivity contribution in [3.63, 3.8) is 0 Å². The monoisotopic (exact) mass is 313 g/mol. The Labute approximate surface area is 128 Å². The molecule has 0 aliphatic rings. The minimum absolute atomic E-state index is 0.0171. The molecule has 2 N–H and O–H groups in total. The Balaban J connectivity index is 2.81. The molecule has 0 bridgehead atoms. The second kappa shape index (κ2) is 7.27. The summed E-state index contributed by atoms with van der Waals surface area (Å²) in [6, 6.07) is 7.89. The molecule has 0 radical (unpaired) electrons. The van der Waals surface area contributed by atoms with Gasteiger partial charge in [0.25, 0.3) is 0 Å². The predicted octanol–water partition coefficient (Wildman–Crippen LogP) is 3.07. The average molecular weight is 313 g/mol. The summed E-state index contributed by atoms with van der Waals surface area (Å²) in [6.07, 6.45) is 1.69. The molecule has 1 aromatic carbocycles. The van der Waals surface area contributed by atoms with Gasteiger partial charge in [-0.05, 0) is 23.5 Å². The fraction of sp³-hybridized carbons (Fsp3) is 0.625. The highest BCUT2D eigenvalue weighted by Gasteiger charge is 2.20. The minimum atomic E-state index is -3.47. The molecule has 21 heavy (non-hydrogen) atoms. The van der Waals surface area contributed by atoms with E-state index in [2.05, 4.69) is 20.8 Å². The molecule has 1 atom stereocenters. The average Bonchev–Trinajstić information content (AvgIpc) is 2.34. The van der Waals surface area contributed by atoms with Gasteiger partial charge in [0.05, 0.1) is 12.4 Å². The summed E-state index contributed by atoms with van der Waals surface area (Å²) in [7, 11) is -3.47. The molecular formula is C16H27NO3S. The summed E-state index contributed by atoms with van der Waals surface area (Å²) in [6.45, 7) is 8.78. The summed E-state index contributed by atoms with van der Waals surface area (Å²) in [5.74, 6) is 0.719. The van der Waals surface area contributed by atoms with Crippen LogP contribution in [0.25, 0.3) is 0 Å². The fourth-order valence-electron chi connectivity index (χ4n) is 2.37. The number of sulfonamides is 1. The maximum Gasteiger partial charge on any atom is 0.209 e. The zero-order valence-electron chi connectivity index (χ0n) is 13.4. The molecule has 1 unspecified atom stereocenters. The van der Waals surface area contributed by atoms with Crippen molar-refractivity contribution < 1.29 is 13.2 Å². The Hall–Kier alpha value is -1.07. The van der Waals surface area contributed by atoms with Crippen LogP contribution in [-0.4, -0.2) is 20.8 Å². The topological polar surface area (TPSA) is 69.4 Å². The lowest BCUT2D eigenvalue weighted by molar-refractivity contribution is 0.247. The molecular weight excluding hydrogens is 286 g/mol. The first-order valence-corrected chi connectivity index (χ1v) is 9.08. The third-order valence-electron chi connectivity index (χ3n) is 3.33. The molecule has 0 aliphatic carbocycles. The van der Waals surface area contributed by atoms with Gasteiger partial charge in [-0.25, -0.2) is 13.6 Å². The van der Waals surface area contributed by atoms with E-state index in [1.54, 1.807) is 0 Å². The highest BCUT2D eigenvalue weighted by molar-refractivity contribution is 7.89. The lowest BCUT2D eigenvalue weighted by Crippen LogP contribution is -2.27.